The second-order valence-electron chi connectivity index (χ2n) is 6.10. The first kappa shape index (κ1) is 18.1. The molecule has 0 bridgehead atoms. The first-order chi connectivity index (χ1) is 10.5. The summed E-state index contributed by atoms with van der Waals surface area (Å²) in [6, 6.07) is 4.52. The van der Waals surface area contributed by atoms with Crippen LogP contribution < -0.4 is 5.32 Å². The van der Waals surface area contributed by atoms with Gasteiger partial charge in [0.15, 0.2) is 0 Å². The minimum absolute atomic E-state index is 0. The predicted octanol–water partition coefficient (Wildman–Crippen LogP) is 3.20. The van der Waals surface area contributed by atoms with Gasteiger partial charge in [-0.3, -0.25) is 4.79 Å². The van der Waals surface area contributed by atoms with Crippen molar-refractivity contribution in [2.24, 2.45) is 0 Å². The molecule has 0 spiro atoms. The lowest BCUT2D eigenvalue weighted by Gasteiger charge is -2.24. The average molecular weight is 349 g/mol. The molecule has 3 rings (SSSR count). The van der Waals surface area contributed by atoms with Gasteiger partial charge in [-0.25, -0.2) is 13.2 Å². The van der Waals surface area contributed by atoms with Crippen molar-refractivity contribution >= 4 is 18.3 Å². The van der Waals surface area contributed by atoms with Crippen LogP contribution in [0.4, 0.5) is 13.2 Å². The maximum atomic E-state index is 14.0. The molecular weight excluding hydrogens is 329 g/mol. The molecule has 0 saturated carbocycles. The number of amides is 1. The Labute approximate surface area is 139 Å². The van der Waals surface area contributed by atoms with Crippen molar-refractivity contribution in [3.63, 3.8) is 0 Å². The molecule has 1 N–H and O–H groups in total. The summed E-state index contributed by atoms with van der Waals surface area (Å²) in [4.78, 5) is 13.4. The molecule has 0 radical (unpaired) electrons. The molecule has 0 atom stereocenters. The maximum Gasteiger partial charge on any atom is 0.267 e. The van der Waals surface area contributed by atoms with Gasteiger partial charge in [-0.2, -0.15) is 0 Å². The minimum atomic E-state index is -2.86. The Morgan fingerprint density at radius 3 is 2.57 bits per heavy atom. The summed E-state index contributed by atoms with van der Waals surface area (Å²) in [6.07, 6.45) is 1.51. The van der Waals surface area contributed by atoms with Gasteiger partial charge in [0.25, 0.3) is 11.8 Å². The third-order valence-corrected chi connectivity index (χ3v) is 4.49. The van der Waals surface area contributed by atoms with E-state index in [4.69, 9.17) is 0 Å². The summed E-state index contributed by atoms with van der Waals surface area (Å²) in [7, 11) is 0. The van der Waals surface area contributed by atoms with E-state index in [1.807, 2.05) is 0 Å². The Bertz CT molecular complexity index is 576. The molecule has 23 heavy (non-hydrogen) atoms. The molecule has 7 heteroatoms. The molecule has 3 nitrogen and oxygen atoms in total. The highest BCUT2D eigenvalue weighted by Crippen LogP contribution is 2.30. The molecule has 0 aromatic heterocycles. The Hall–Kier alpha value is -1.27. The molecule has 1 amide bonds. The van der Waals surface area contributed by atoms with Crippen LogP contribution in [0.2, 0.25) is 0 Å². The number of nitrogens with one attached hydrogen (secondary N) is 1. The summed E-state index contributed by atoms with van der Waals surface area (Å²) in [5, 5.41) is 3.25. The van der Waals surface area contributed by atoms with Gasteiger partial charge in [-0.15, -0.1) is 12.4 Å². The zero-order valence-corrected chi connectivity index (χ0v) is 13.5. The van der Waals surface area contributed by atoms with Crippen molar-refractivity contribution in [1.29, 1.82) is 0 Å². The van der Waals surface area contributed by atoms with Crippen LogP contribution in [-0.2, 0) is 0 Å². The van der Waals surface area contributed by atoms with Crippen molar-refractivity contribution in [3.05, 3.63) is 35.1 Å². The van der Waals surface area contributed by atoms with E-state index in [-0.39, 0.29) is 36.9 Å². The van der Waals surface area contributed by atoms with Gasteiger partial charge < -0.3 is 10.2 Å². The standard InChI is InChI=1S/C16H19F3N2O.ClH/c17-14-2-1-12(11-3-6-20-7-4-11)9-13(14)15(22)21-8-5-16(18,19)10-21;/h1-2,9,11,20H,3-8,10H2;1H. The van der Waals surface area contributed by atoms with E-state index in [9.17, 15) is 18.0 Å². The van der Waals surface area contributed by atoms with E-state index in [1.54, 1.807) is 12.1 Å². The maximum absolute atomic E-state index is 14.0. The summed E-state index contributed by atoms with van der Waals surface area (Å²) in [5.41, 5.74) is 0.825. The molecule has 2 aliphatic rings. The lowest BCUT2D eigenvalue weighted by atomic mass is 9.89. The fourth-order valence-corrected chi connectivity index (χ4v) is 3.20. The fraction of sp³-hybridized carbons (Fsp3) is 0.562. The zero-order chi connectivity index (χ0) is 15.7. The van der Waals surface area contributed by atoms with E-state index in [0.29, 0.717) is 0 Å². The zero-order valence-electron chi connectivity index (χ0n) is 12.7. The Morgan fingerprint density at radius 2 is 1.96 bits per heavy atom. The van der Waals surface area contributed by atoms with Gasteiger partial charge in [-0.05, 0) is 49.5 Å². The first-order valence-corrected chi connectivity index (χ1v) is 7.63. The van der Waals surface area contributed by atoms with Gasteiger partial charge in [0.1, 0.15) is 5.82 Å². The molecule has 0 unspecified atom stereocenters. The van der Waals surface area contributed by atoms with E-state index >= 15 is 0 Å². The van der Waals surface area contributed by atoms with Crippen LogP contribution in [0.3, 0.4) is 0 Å². The largest absolute Gasteiger partial charge is 0.332 e. The minimum Gasteiger partial charge on any atom is -0.332 e. The van der Waals surface area contributed by atoms with Crippen molar-refractivity contribution in [2.75, 3.05) is 26.2 Å². The number of carbonyl (C=O) groups is 1. The molecule has 1 aromatic carbocycles. The van der Waals surface area contributed by atoms with Gasteiger partial charge in [0.2, 0.25) is 0 Å². The van der Waals surface area contributed by atoms with E-state index in [2.05, 4.69) is 5.32 Å². The van der Waals surface area contributed by atoms with Crippen LogP contribution in [0.5, 0.6) is 0 Å². The number of nitrogens with zero attached hydrogens (tertiary/aromatic N) is 1. The number of halogens is 4. The molecule has 2 aliphatic heterocycles. The third kappa shape index (κ3) is 3.98. The predicted molar refractivity (Wildman–Crippen MR) is 84.0 cm³/mol. The normalized spacial score (nSPS) is 21.1. The summed E-state index contributed by atoms with van der Waals surface area (Å²) in [5.74, 6) is -3.85. The molecule has 2 saturated heterocycles. The Morgan fingerprint density at radius 1 is 1.26 bits per heavy atom. The number of hydrogen-bond donors (Lipinski definition) is 1. The van der Waals surface area contributed by atoms with Crippen molar-refractivity contribution in [1.82, 2.24) is 10.2 Å². The van der Waals surface area contributed by atoms with E-state index < -0.39 is 24.2 Å². The third-order valence-electron chi connectivity index (χ3n) is 4.49. The molecule has 2 fully saturated rings. The number of likely N-dealkylation sites (tertiary alicyclic amines) is 1. The Kier molecular flexibility index (Phi) is 5.57. The Balaban J connectivity index is 0.00000192. The van der Waals surface area contributed by atoms with Crippen LogP contribution in [0, 0.1) is 5.82 Å². The van der Waals surface area contributed by atoms with Gasteiger partial charge in [0, 0.05) is 13.0 Å². The molecule has 128 valence electrons. The average Bonchev–Trinajstić information content (AvgIpc) is 2.88. The number of alkyl halides is 2. The number of piperidine rings is 1. The highest BCUT2D eigenvalue weighted by molar-refractivity contribution is 5.95. The lowest BCUT2D eigenvalue weighted by Crippen LogP contribution is -2.32. The van der Waals surface area contributed by atoms with Gasteiger partial charge in [-0.1, -0.05) is 6.07 Å². The van der Waals surface area contributed by atoms with Crippen LogP contribution >= 0.6 is 12.4 Å². The summed E-state index contributed by atoms with van der Waals surface area (Å²) in [6.45, 7) is 1.14. The van der Waals surface area contributed by atoms with Gasteiger partial charge in [0.05, 0.1) is 12.1 Å². The smallest absolute Gasteiger partial charge is 0.267 e. The van der Waals surface area contributed by atoms with Crippen molar-refractivity contribution < 1.29 is 18.0 Å². The van der Waals surface area contributed by atoms with Crippen LogP contribution in [0.1, 0.15) is 41.1 Å². The van der Waals surface area contributed by atoms with E-state index in [0.717, 1.165) is 36.4 Å². The van der Waals surface area contributed by atoms with Crippen LogP contribution in [0.15, 0.2) is 18.2 Å². The van der Waals surface area contributed by atoms with Crippen molar-refractivity contribution in [3.8, 4) is 0 Å². The van der Waals surface area contributed by atoms with Crippen molar-refractivity contribution in [2.45, 2.75) is 31.1 Å². The SMILES string of the molecule is Cl.O=C(c1cc(C2CCNCC2)ccc1F)N1CCC(F)(F)C1. The second kappa shape index (κ2) is 7.09. The van der Waals surface area contributed by atoms with E-state index in [1.165, 1.54) is 6.07 Å². The molecular formula is C16H20ClF3N2O. The summed E-state index contributed by atoms with van der Waals surface area (Å²) < 4.78 is 40.5. The van der Waals surface area contributed by atoms with Gasteiger partial charge >= 0.3 is 0 Å². The molecule has 2 heterocycles. The van der Waals surface area contributed by atoms with Crippen LogP contribution in [-0.4, -0.2) is 42.9 Å². The molecule has 0 aliphatic carbocycles. The van der Waals surface area contributed by atoms with Crippen LogP contribution in [0.25, 0.3) is 0 Å². The highest BCUT2D eigenvalue weighted by atomic mass is 35.5. The number of hydrogen-bond acceptors (Lipinski definition) is 2. The topological polar surface area (TPSA) is 32.3 Å². The fourth-order valence-electron chi connectivity index (χ4n) is 3.20. The lowest BCUT2D eigenvalue weighted by molar-refractivity contribution is 0.0119. The first-order valence-electron chi connectivity index (χ1n) is 7.63. The highest BCUT2D eigenvalue weighted by Gasteiger charge is 2.41. The second-order valence-corrected chi connectivity index (χ2v) is 6.10. The quantitative estimate of drug-likeness (QED) is 0.890. The monoisotopic (exact) mass is 348 g/mol. The molecule has 1 aromatic rings. The number of rotatable bonds is 2. The summed E-state index contributed by atoms with van der Waals surface area (Å²) >= 11 is 0. The number of carbonyl (C=O) groups excluding carboxylic acids is 1. The number of benzene rings is 1.